The second kappa shape index (κ2) is 6.04. The van der Waals surface area contributed by atoms with E-state index in [0.717, 1.165) is 11.3 Å². The second-order valence-corrected chi connectivity index (χ2v) is 4.32. The number of nitrogens with one attached hydrogen (secondary N) is 2. The van der Waals surface area contributed by atoms with Gasteiger partial charge in [-0.2, -0.15) is 5.10 Å². The summed E-state index contributed by atoms with van der Waals surface area (Å²) >= 11 is 0. The van der Waals surface area contributed by atoms with Crippen molar-refractivity contribution in [3.63, 3.8) is 0 Å². The predicted octanol–water partition coefficient (Wildman–Crippen LogP) is 1.66. The maximum atomic E-state index is 12.1. The van der Waals surface area contributed by atoms with Gasteiger partial charge < -0.3 is 10.6 Å². The lowest BCUT2D eigenvalue weighted by Gasteiger charge is -2.10. The Balaban J connectivity index is 1.96. The number of hydrogen-bond acceptors (Lipinski definition) is 3. The van der Waals surface area contributed by atoms with Crippen LogP contribution in [-0.4, -0.2) is 29.3 Å². The molecule has 0 saturated heterocycles. The van der Waals surface area contributed by atoms with Crippen molar-refractivity contribution in [1.82, 2.24) is 15.1 Å². The van der Waals surface area contributed by atoms with Crippen LogP contribution >= 0.6 is 0 Å². The van der Waals surface area contributed by atoms with Gasteiger partial charge >= 0.3 is 0 Å². The zero-order valence-electron chi connectivity index (χ0n) is 11.2. The largest absolute Gasteiger partial charge is 0.387 e. The molecule has 19 heavy (non-hydrogen) atoms. The Kier molecular flexibility index (Phi) is 4.18. The Labute approximate surface area is 112 Å². The molecule has 0 unspecified atom stereocenters. The van der Waals surface area contributed by atoms with Gasteiger partial charge in [0, 0.05) is 31.7 Å². The summed E-state index contributed by atoms with van der Waals surface area (Å²) in [6.45, 7) is 3.22. The average molecular weight is 258 g/mol. The maximum Gasteiger partial charge on any atom is 0.253 e. The van der Waals surface area contributed by atoms with Crippen molar-refractivity contribution < 1.29 is 4.79 Å². The topological polar surface area (TPSA) is 59.0 Å². The van der Waals surface area contributed by atoms with E-state index in [2.05, 4.69) is 15.7 Å². The minimum Gasteiger partial charge on any atom is -0.387 e. The highest BCUT2D eigenvalue weighted by Crippen LogP contribution is 2.16. The Hall–Kier alpha value is -2.30. The van der Waals surface area contributed by atoms with E-state index in [1.165, 1.54) is 0 Å². The van der Waals surface area contributed by atoms with Gasteiger partial charge in [-0.3, -0.25) is 9.48 Å². The van der Waals surface area contributed by atoms with Gasteiger partial charge in [0.2, 0.25) is 0 Å². The summed E-state index contributed by atoms with van der Waals surface area (Å²) < 4.78 is 1.79. The molecule has 100 valence electrons. The van der Waals surface area contributed by atoms with Crippen LogP contribution in [0.1, 0.15) is 15.9 Å². The van der Waals surface area contributed by atoms with Crippen LogP contribution in [0.3, 0.4) is 0 Å². The van der Waals surface area contributed by atoms with Gasteiger partial charge in [0.1, 0.15) is 0 Å². The number of anilines is 1. The number of aromatic nitrogens is 2. The second-order valence-electron chi connectivity index (χ2n) is 4.32. The van der Waals surface area contributed by atoms with E-state index >= 15 is 0 Å². The molecule has 2 rings (SSSR count). The molecule has 2 N–H and O–H groups in total. The first-order chi connectivity index (χ1) is 9.20. The van der Waals surface area contributed by atoms with Crippen LogP contribution in [0.2, 0.25) is 0 Å². The molecule has 1 aromatic heterocycles. The van der Waals surface area contributed by atoms with Gasteiger partial charge in [0.05, 0.1) is 12.1 Å². The van der Waals surface area contributed by atoms with Crippen molar-refractivity contribution in [2.75, 3.05) is 18.9 Å². The van der Waals surface area contributed by atoms with E-state index in [1.807, 2.05) is 44.4 Å². The molecule has 0 bridgehead atoms. The Morgan fingerprint density at radius 3 is 2.95 bits per heavy atom. The summed E-state index contributed by atoms with van der Waals surface area (Å²) in [6.07, 6.45) is 3.60. The normalized spacial score (nSPS) is 10.2. The molecule has 0 aliphatic heterocycles. The van der Waals surface area contributed by atoms with Gasteiger partial charge in [0.15, 0.2) is 0 Å². The Morgan fingerprint density at radius 1 is 1.42 bits per heavy atom. The number of hydrogen-bond donors (Lipinski definition) is 2. The van der Waals surface area contributed by atoms with E-state index in [4.69, 9.17) is 0 Å². The third kappa shape index (κ3) is 3.34. The molecule has 0 aliphatic carbocycles. The first kappa shape index (κ1) is 13.1. The molecule has 5 nitrogen and oxygen atoms in total. The summed E-state index contributed by atoms with van der Waals surface area (Å²) in [6, 6.07) is 7.59. The van der Waals surface area contributed by atoms with Gasteiger partial charge in [-0.1, -0.05) is 6.07 Å². The first-order valence-corrected chi connectivity index (χ1v) is 6.25. The molecular formula is C14H18N4O. The molecular weight excluding hydrogens is 240 g/mol. The highest BCUT2D eigenvalue weighted by molar-refractivity contribution is 5.99. The standard InChI is InChI=1S/C14H18N4O/c1-11-4-5-12(13(10-11)15-2)14(19)16-7-9-18-8-3-6-17-18/h3-6,8,10,15H,7,9H2,1-2H3,(H,16,19). The van der Waals surface area contributed by atoms with Crippen molar-refractivity contribution in [3.05, 3.63) is 47.8 Å². The smallest absolute Gasteiger partial charge is 0.253 e. The average Bonchev–Trinajstić information content (AvgIpc) is 2.91. The number of amides is 1. The number of benzene rings is 1. The summed E-state index contributed by atoms with van der Waals surface area (Å²) in [5, 5.41) is 10.0. The quantitative estimate of drug-likeness (QED) is 0.857. The fraction of sp³-hybridized carbons (Fsp3) is 0.286. The third-order valence-corrected chi connectivity index (χ3v) is 2.87. The van der Waals surface area contributed by atoms with Crippen molar-refractivity contribution in [3.8, 4) is 0 Å². The van der Waals surface area contributed by atoms with Crippen LogP contribution in [0.15, 0.2) is 36.7 Å². The monoisotopic (exact) mass is 258 g/mol. The van der Waals surface area contributed by atoms with Gasteiger partial charge in [-0.25, -0.2) is 0 Å². The highest BCUT2D eigenvalue weighted by atomic mass is 16.1. The first-order valence-electron chi connectivity index (χ1n) is 6.25. The molecule has 0 saturated carbocycles. The number of carbonyl (C=O) groups excluding carboxylic acids is 1. The Morgan fingerprint density at radius 2 is 2.26 bits per heavy atom. The SMILES string of the molecule is CNc1cc(C)ccc1C(=O)NCCn1cccn1. The summed E-state index contributed by atoms with van der Waals surface area (Å²) in [5.41, 5.74) is 2.63. The van der Waals surface area contributed by atoms with Crippen LogP contribution < -0.4 is 10.6 Å². The minimum absolute atomic E-state index is 0.0727. The van der Waals surface area contributed by atoms with Crippen molar-refractivity contribution in [2.24, 2.45) is 0 Å². The van der Waals surface area contributed by atoms with Crippen LogP contribution in [0.4, 0.5) is 5.69 Å². The number of carbonyl (C=O) groups is 1. The molecule has 1 amide bonds. The predicted molar refractivity (Wildman–Crippen MR) is 75.3 cm³/mol. The maximum absolute atomic E-state index is 12.1. The summed E-state index contributed by atoms with van der Waals surface area (Å²) in [4.78, 5) is 12.1. The van der Waals surface area contributed by atoms with Gasteiger partial charge in [-0.05, 0) is 30.7 Å². The van der Waals surface area contributed by atoms with E-state index < -0.39 is 0 Å². The lowest BCUT2D eigenvalue weighted by molar-refractivity contribution is 0.0952. The van der Waals surface area contributed by atoms with E-state index in [-0.39, 0.29) is 5.91 Å². The molecule has 0 fully saturated rings. The minimum atomic E-state index is -0.0727. The molecule has 0 spiro atoms. The van der Waals surface area contributed by atoms with Crippen molar-refractivity contribution in [1.29, 1.82) is 0 Å². The molecule has 0 atom stereocenters. The molecule has 1 heterocycles. The van der Waals surface area contributed by atoms with E-state index in [1.54, 1.807) is 10.9 Å². The molecule has 2 aromatic rings. The van der Waals surface area contributed by atoms with Crippen LogP contribution in [0.5, 0.6) is 0 Å². The summed E-state index contributed by atoms with van der Waals surface area (Å²) in [5.74, 6) is -0.0727. The number of rotatable bonds is 5. The molecule has 5 heteroatoms. The van der Waals surface area contributed by atoms with Gasteiger partial charge in [-0.15, -0.1) is 0 Å². The fourth-order valence-corrected chi connectivity index (χ4v) is 1.87. The molecule has 0 radical (unpaired) electrons. The van der Waals surface area contributed by atoms with Gasteiger partial charge in [0.25, 0.3) is 5.91 Å². The molecule has 1 aromatic carbocycles. The number of nitrogens with zero attached hydrogens (tertiary/aromatic N) is 2. The zero-order valence-corrected chi connectivity index (χ0v) is 11.2. The fourth-order valence-electron chi connectivity index (χ4n) is 1.87. The zero-order chi connectivity index (χ0) is 13.7. The Bertz CT molecular complexity index is 549. The van der Waals surface area contributed by atoms with Crippen LogP contribution in [-0.2, 0) is 6.54 Å². The van der Waals surface area contributed by atoms with Crippen LogP contribution in [0, 0.1) is 6.92 Å². The third-order valence-electron chi connectivity index (χ3n) is 2.87. The lowest BCUT2D eigenvalue weighted by atomic mass is 10.1. The van der Waals surface area contributed by atoms with Crippen LogP contribution in [0.25, 0.3) is 0 Å². The highest BCUT2D eigenvalue weighted by Gasteiger charge is 2.09. The van der Waals surface area contributed by atoms with Crippen molar-refractivity contribution >= 4 is 11.6 Å². The lowest BCUT2D eigenvalue weighted by Crippen LogP contribution is -2.28. The molecule has 0 aliphatic rings. The van der Waals surface area contributed by atoms with E-state index in [9.17, 15) is 4.79 Å². The summed E-state index contributed by atoms with van der Waals surface area (Å²) in [7, 11) is 1.81. The number of aryl methyl sites for hydroxylation is 1. The van der Waals surface area contributed by atoms with Crippen molar-refractivity contribution in [2.45, 2.75) is 13.5 Å². The van der Waals surface area contributed by atoms with E-state index in [0.29, 0.717) is 18.7 Å².